The third-order valence-corrected chi connectivity index (χ3v) is 5.40. The molecule has 3 aromatic carbocycles. The van der Waals surface area contributed by atoms with Gasteiger partial charge in [0.15, 0.2) is 11.6 Å². The van der Waals surface area contributed by atoms with Crippen molar-refractivity contribution in [1.29, 1.82) is 0 Å². The zero-order valence-corrected chi connectivity index (χ0v) is 14.9. The van der Waals surface area contributed by atoms with Gasteiger partial charge >= 0.3 is 0 Å². The Balaban J connectivity index is 2.16. The quantitative estimate of drug-likeness (QED) is 0.460. The minimum atomic E-state index is -4.15. The van der Waals surface area contributed by atoms with Crippen LogP contribution in [0, 0.1) is 23.3 Å². The monoisotopic (exact) mass is 415 g/mol. The van der Waals surface area contributed by atoms with Crippen LogP contribution in [-0.4, -0.2) is 8.42 Å². The van der Waals surface area contributed by atoms with E-state index in [1.807, 2.05) is 0 Å². The minimum Gasteiger partial charge on any atom is -0.279 e. The molecule has 140 valence electrons. The van der Waals surface area contributed by atoms with E-state index in [-0.39, 0.29) is 21.7 Å². The average Bonchev–Trinajstić information content (AvgIpc) is 2.62. The molecule has 0 aliphatic rings. The smallest absolute Gasteiger partial charge is 0.261 e. The number of hydrogen-bond donors (Lipinski definition) is 1. The van der Waals surface area contributed by atoms with Crippen LogP contribution in [0.25, 0.3) is 11.1 Å². The summed E-state index contributed by atoms with van der Waals surface area (Å²) in [6, 6.07) is 9.95. The normalized spacial score (nSPS) is 11.4. The number of rotatable bonds is 4. The van der Waals surface area contributed by atoms with Gasteiger partial charge in [0.2, 0.25) is 0 Å². The van der Waals surface area contributed by atoms with Gasteiger partial charge < -0.3 is 0 Å². The third kappa shape index (κ3) is 3.91. The molecule has 3 rings (SSSR count). The summed E-state index contributed by atoms with van der Waals surface area (Å²) in [6.07, 6.45) is 0. The van der Waals surface area contributed by atoms with E-state index in [4.69, 9.17) is 11.6 Å². The SMILES string of the molecule is O=S(=O)(Nc1cc(F)c(F)cc1-c1cc(F)c(Cl)c(F)c1)c1ccccc1. The molecule has 0 bridgehead atoms. The summed E-state index contributed by atoms with van der Waals surface area (Å²) in [7, 11) is -4.15. The summed E-state index contributed by atoms with van der Waals surface area (Å²) in [5, 5.41) is -0.771. The van der Waals surface area contributed by atoms with E-state index in [0.29, 0.717) is 12.1 Å². The van der Waals surface area contributed by atoms with Crippen molar-refractivity contribution in [2.75, 3.05) is 4.72 Å². The fourth-order valence-electron chi connectivity index (χ4n) is 2.38. The van der Waals surface area contributed by atoms with Crippen LogP contribution < -0.4 is 4.72 Å². The fraction of sp³-hybridized carbons (Fsp3) is 0. The lowest BCUT2D eigenvalue weighted by Gasteiger charge is -2.14. The first-order valence-electron chi connectivity index (χ1n) is 7.41. The maximum Gasteiger partial charge on any atom is 0.261 e. The predicted molar refractivity (Wildman–Crippen MR) is 94.0 cm³/mol. The maximum atomic E-state index is 13.8. The molecule has 0 radical (unpaired) electrons. The molecular weight excluding hydrogens is 406 g/mol. The Hall–Kier alpha value is -2.58. The highest BCUT2D eigenvalue weighted by Gasteiger charge is 2.20. The molecule has 0 amide bonds. The highest BCUT2D eigenvalue weighted by Crippen LogP contribution is 2.34. The Labute approximate surface area is 157 Å². The number of halogens is 5. The van der Waals surface area contributed by atoms with Crippen molar-refractivity contribution in [1.82, 2.24) is 0 Å². The lowest BCUT2D eigenvalue weighted by Crippen LogP contribution is -2.14. The highest BCUT2D eigenvalue weighted by molar-refractivity contribution is 7.92. The first-order valence-corrected chi connectivity index (χ1v) is 9.27. The van der Waals surface area contributed by atoms with Gasteiger partial charge in [0.1, 0.15) is 16.7 Å². The highest BCUT2D eigenvalue weighted by atomic mass is 35.5. The molecule has 0 unspecified atom stereocenters. The summed E-state index contributed by atoms with van der Waals surface area (Å²) in [6.45, 7) is 0. The summed E-state index contributed by atoms with van der Waals surface area (Å²) in [5.74, 6) is -4.91. The van der Waals surface area contributed by atoms with Crippen LogP contribution in [0.3, 0.4) is 0 Å². The van der Waals surface area contributed by atoms with Gasteiger partial charge in [-0.15, -0.1) is 0 Å². The largest absolute Gasteiger partial charge is 0.279 e. The van der Waals surface area contributed by atoms with Gasteiger partial charge in [-0.25, -0.2) is 26.0 Å². The van der Waals surface area contributed by atoms with Crippen molar-refractivity contribution < 1.29 is 26.0 Å². The number of benzene rings is 3. The molecule has 3 nitrogen and oxygen atoms in total. The number of hydrogen-bond acceptors (Lipinski definition) is 2. The molecule has 0 heterocycles. The molecule has 27 heavy (non-hydrogen) atoms. The molecule has 3 aromatic rings. The summed E-state index contributed by atoms with van der Waals surface area (Å²) in [4.78, 5) is -0.130. The predicted octanol–water partition coefficient (Wildman–Crippen LogP) is 5.36. The lowest BCUT2D eigenvalue weighted by atomic mass is 10.0. The number of anilines is 1. The molecule has 1 N–H and O–H groups in total. The molecule has 0 fully saturated rings. The number of nitrogens with one attached hydrogen (secondary N) is 1. The van der Waals surface area contributed by atoms with Crippen molar-refractivity contribution in [2.45, 2.75) is 4.90 Å². The van der Waals surface area contributed by atoms with Crippen molar-refractivity contribution in [3.8, 4) is 11.1 Å². The molecule has 9 heteroatoms. The summed E-state index contributed by atoms with van der Waals surface area (Å²) < 4.78 is 82.0. The molecular formula is C18H10ClF4NO2S. The zero-order valence-electron chi connectivity index (χ0n) is 13.3. The minimum absolute atomic E-state index is 0.130. The Bertz CT molecular complexity index is 1100. The van der Waals surface area contributed by atoms with E-state index in [9.17, 15) is 26.0 Å². The van der Waals surface area contributed by atoms with Crippen molar-refractivity contribution in [2.24, 2.45) is 0 Å². The molecule has 0 aliphatic heterocycles. The van der Waals surface area contributed by atoms with E-state index in [1.165, 1.54) is 24.3 Å². The Morgan fingerprint density at radius 2 is 1.33 bits per heavy atom. The third-order valence-electron chi connectivity index (χ3n) is 3.65. The van der Waals surface area contributed by atoms with Crippen LogP contribution in [0.5, 0.6) is 0 Å². The van der Waals surface area contributed by atoms with Gasteiger partial charge in [0.25, 0.3) is 10.0 Å². The molecule has 0 saturated carbocycles. The van der Waals surface area contributed by atoms with E-state index >= 15 is 0 Å². The first kappa shape index (κ1) is 19.2. The molecule has 0 aliphatic carbocycles. The van der Waals surface area contributed by atoms with Crippen LogP contribution in [0.1, 0.15) is 0 Å². The van der Waals surface area contributed by atoms with Gasteiger partial charge in [-0.1, -0.05) is 29.8 Å². The average molecular weight is 416 g/mol. The number of sulfonamides is 1. The first-order chi connectivity index (χ1) is 12.7. The van der Waals surface area contributed by atoms with Crippen LogP contribution in [0.4, 0.5) is 23.2 Å². The summed E-state index contributed by atoms with van der Waals surface area (Å²) in [5.41, 5.74) is -0.874. The lowest BCUT2D eigenvalue weighted by molar-refractivity contribution is 0.509. The topological polar surface area (TPSA) is 46.2 Å². The van der Waals surface area contributed by atoms with Crippen molar-refractivity contribution in [3.63, 3.8) is 0 Å². The van der Waals surface area contributed by atoms with Gasteiger partial charge in [0, 0.05) is 11.6 Å². The van der Waals surface area contributed by atoms with E-state index in [0.717, 1.165) is 12.1 Å². The van der Waals surface area contributed by atoms with Crippen LogP contribution >= 0.6 is 11.6 Å². The summed E-state index contributed by atoms with van der Waals surface area (Å²) >= 11 is 5.42. The molecule has 0 saturated heterocycles. The molecule has 0 aromatic heterocycles. The zero-order chi connectivity index (χ0) is 19.8. The van der Waals surface area contributed by atoms with E-state index < -0.39 is 38.3 Å². The Morgan fingerprint density at radius 1 is 0.778 bits per heavy atom. The van der Waals surface area contributed by atoms with E-state index in [1.54, 1.807) is 6.07 Å². The van der Waals surface area contributed by atoms with Gasteiger partial charge in [0.05, 0.1) is 10.6 Å². The van der Waals surface area contributed by atoms with E-state index in [2.05, 4.69) is 4.72 Å². The van der Waals surface area contributed by atoms with Gasteiger partial charge in [-0.2, -0.15) is 0 Å². The fourth-order valence-corrected chi connectivity index (χ4v) is 3.59. The standard InChI is InChI=1S/C18H10ClF4NO2S/c19-18-15(22)6-10(7-16(18)23)12-8-13(20)14(21)9-17(12)24-27(25,26)11-4-2-1-3-5-11/h1-9,24H. The second-order valence-corrected chi connectivity index (χ2v) is 7.54. The van der Waals surface area contributed by atoms with Crippen LogP contribution in [0.15, 0.2) is 59.5 Å². The Kier molecular flexibility index (Phi) is 5.12. The van der Waals surface area contributed by atoms with Crippen LogP contribution in [-0.2, 0) is 10.0 Å². The van der Waals surface area contributed by atoms with Gasteiger partial charge in [-0.3, -0.25) is 4.72 Å². The second kappa shape index (κ2) is 7.21. The Morgan fingerprint density at radius 3 is 1.93 bits per heavy atom. The maximum absolute atomic E-state index is 13.8. The second-order valence-electron chi connectivity index (χ2n) is 5.48. The molecule has 0 spiro atoms. The molecule has 0 atom stereocenters. The van der Waals surface area contributed by atoms with Gasteiger partial charge in [-0.05, 0) is 35.9 Å². The van der Waals surface area contributed by atoms with Crippen molar-refractivity contribution >= 4 is 27.3 Å². The van der Waals surface area contributed by atoms with Crippen LogP contribution in [0.2, 0.25) is 5.02 Å². The van der Waals surface area contributed by atoms with Crippen molar-refractivity contribution in [3.05, 3.63) is 82.9 Å².